The molecule has 6 atom stereocenters. The second kappa shape index (κ2) is 8.17. The van der Waals surface area contributed by atoms with E-state index in [1.165, 1.54) is 0 Å². The first kappa shape index (κ1) is 19.9. The van der Waals surface area contributed by atoms with Crippen LogP contribution >= 0.6 is 0 Å². The zero-order valence-electron chi connectivity index (χ0n) is 15.6. The molecule has 4 rings (SSSR count). The van der Waals surface area contributed by atoms with Crippen molar-refractivity contribution in [2.75, 3.05) is 13.2 Å². The van der Waals surface area contributed by atoms with Crippen molar-refractivity contribution >= 4 is 0 Å². The van der Waals surface area contributed by atoms with Crippen LogP contribution in [0.4, 0.5) is 0 Å². The minimum Gasteiger partial charge on any atom is -0.508 e. The molecule has 0 aromatic heterocycles. The van der Waals surface area contributed by atoms with Gasteiger partial charge in [0.1, 0.15) is 41.7 Å². The molecule has 8 nitrogen and oxygen atoms in total. The quantitative estimate of drug-likeness (QED) is 0.492. The van der Waals surface area contributed by atoms with Gasteiger partial charge in [-0.05, 0) is 35.7 Å². The molecule has 0 amide bonds. The van der Waals surface area contributed by atoms with E-state index < -0.39 is 37.3 Å². The maximum Gasteiger partial charge on any atom is 0.229 e. The Morgan fingerprint density at radius 3 is 2.45 bits per heavy atom. The average molecular weight is 404 g/mol. The summed E-state index contributed by atoms with van der Waals surface area (Å²) in [5, 5.41) is 48.6. The Kier molecular flexibility index (Phi) is 5.62. The Hall–Kier alpha value is -2.36. The van der Waals surface area contributed by atoms with Crippen molar-refractivity contribution in [2.45, 2.75) is 43.0 Å². The Bertz CT molecular complexity index is 837. The molecule has 8 heteroatoms. The molecule has 1 saturated heterocycles. The SMILES string of the molecule is OCC1O[C@H](Oc2ccc3c(c2)OC[C@H](c2ccc(O)cc2)C3)C(O)C(O)[C@@H]1O. The number of aromatic hydroxyl groups is 1. The summed E-state index contributed by atoms with van der Waals surface area (Å²) in [6.45, 7) is -0.0436. The van der Waals surface area contributed by atoms with Gasteiger partial charge in [0.15, 0.2) is 0 Å². The summed E-state index contributed by atoms with van der Waals surface area (Å²) in [4.78, 5) is 0. The third kappa shape index (κ3) is 4.03. The molecule has 3 unspecified atom stereocenters. The smallest absolute Gasteiger partial charge is 0.229 e. The molecule has 2 heterocycles. The van der Waals surface area contributed by atoms with Crippen LogP contribution < -0.4 is 9.47 Å². The summed E-state index contributed by atoms with van der Waals surface area (Å²) in [5.74, 6) is 1.42. The minimum atomic E-state index is -1.49. The minimum absolute atomic E-state index is 0.167. The fourth-order valence-corrected chi connectivity index (χ4v) is 3.69. The molecule has 0 saturated carbocycles. The molecule has 2 aromatic rings. The monoisotopic (exact) mass is 404 g/mol. The summed E-state index contributed by atoms with van der Waals surface area (Å²) in [7, 11) is 0. The van der Waals surface area contributed by atoms with Crippen molar-refractivity contribution in [1.82, 2.24) is 0 Å². The molecule has 2 aromatic carbocycles. The lowest BCUT2D eigenvalue weighted by Crippen LogP contribution is -2.60. The third-order valence-corrected chi connectivity index (χ3v) is 5.41. The lowest BCUT2D eigenvalue weighted by Gasteiger charge is -2.39. The van der Waals surface area contributed by atoms with Gasteiger partial charge in [-0.2, -0.15) is 0 Å². The summed E-state index contributed by atoms with van der Waals surface area (Å²) in [5.41, 5.74) is 2.07. The van der Waals surface area contributed by atoms with Gasteiger partial charge in [0.05, 0.1) is 13.2 Å². The maximum atomic E-state index is 10.1. The number of ether oxygens (including phenoxy) is 3. The molecule has 156 valence electrons. The van der Waals surface area contributed by atoms with Gasteiger partial charge in [0, 0.05) is 12.0 Å². The fourth-order valence-electron chi connectivity index (χ4n) is 3.69. The summed E-state index contributed by atoms with van der Waals surface area (Å²) < 4.78 is 16.9. The summed E-state index contributed by atoms with van der Waals surface area (Å²) in [6, 6.07) is 12.3. The standard InChI is InChI=1S/C21H24O8/c22-9-17-18(24)19(25)20(26)21(29-17)28-15-6-3-12-7-13(10-27-16(12)8-15)11-1-4-14(23)5-2-11/h1-6,8,13,17-26H,7,9-10H2/t13-,17?,18-,19?,20?,21+/m1/s1. The average Bonchev–Trinajstić information content (AvgIpc) is 2.74. The van der Waals surface area contributed by atoms with Crippen LogP contribution in [0.25, 0.3) is 0 Å². The van der Waals surface area contributed by atoms with E-state index in [1.807, 2.05) is 18.2 Å². The normalized spacial score (nSPS) is 31.6. The molecule has 2 aliphatic heterocycles. The maximum absolute atomic E-state index is 10.1. The molecule has 5 N–H and O–H groups in total. The zero-order valence-corrected chi connectivity index (χ0v) is 15.6. The highest BCUT2D eigenvalue weighted by molar-refractivity contribution is 5.44. The molecule has 0 aliphatic carbocycles. The van der Waals surface area contributed by atoms with Crippen LogP contribution in [-0.2, 0) is 11.2 Å². The van der Waals surface area contributed by atoms with E-state index in [2.05, 4.69) is 0 Å². The second-order valence-corrected chi connectivity index (χ2v) is 7.39. The topological polar surface area (TPSA) is 129 Å². The largest absolute Gasteiger partial charge is 0.508 e. The Labute approximate surface area is 167 Å². The van der Waals surface area contributed by atoms with Crippen molar-refractivity contribution in [3.8, 4) is 17.2 Å². The van der Waals surface area contributed by atoms with E-state index in [0.29, 0.717) is 18.1 Å². The number of aliphatic hydroxyl groups is 4. The van der Waals surface area contributed by atoms with Crippen LogP contribution in [0.15, 0.2) is 42.5 Å². The molecule has 0 spiro atoms. The van der Waals surface area contributed by atoms with E-state index >= 15 is 0 Å². The summed E-state index contributed by atoms with van der Waals surface area (Å²) >= 11 is 0. The highest BCUT2D eigenvalue weighted by Gasteiger charge is 2.44. The van der Waals surface area contributed by atoms with Gasteiger partial charge in [0.2, 0.25) is 6.29 Å². The van der Waals surface area contributed by atoms with Gasteiger partial charge in [-0.25, -0.2) is 0 Å². The third-order valence-electron chi connectivity index (χ3n) is 5.41. The zero-order chi connectivity index (χ0) is 20.5. The predicted molar refractivity (Wildman–Crippen MR) is 101 cm³/mol. The lowest BCUT2D eigenvalue weighted by molar-refractivity contribution is -0.277. The number of rotatable bonds is 4. The molecule has 1 fully saturated rings. The van der Waals surface area contributed by atoms with Crippen LogP contribution in [-0.4, -0.2) is 69.5 Å². The first-order chi connectivity index (χ1) is 14.0. The van der Waals surface area contributed by atoms with Gasteiger partial charge in [0.25, 0.3) is 0 Å². The van der Waals surface area contributed by atoms with Crippen LogP contribution in [0, 0.1) is 0 Å². The number of hydrogen-bond donors (Lipinski definition) is 5. The van der Waals surface area contributed by atoms with Gasteiger partial charge in [-0.3, -0.25) is 0 Å². The highest BCUT2D eigenvalue weighted by Crippen LogP contribution is 2.36. The molecule has 0 bridgehead atoms. The van der Waals surface area contributed by atoms with E-state index in [1.54, 1.807) is 24.3 Å². The van der Waals surface area contributed by atoms with Gasteiger partial charge in [-0.1, -0.05) is 18.2 Å². The molecular formula is C21H24O8. The second-order valence-electron chi connectivity index (χ2n) is 7.39. The Balaban J connectivity index is 1.46. The number of fused-ring (bicyclic) bond motifs is 1. The molecule has 29 heavy (non-hydrogen) atoms. The van der Waals surface area contributed by atoms with E-state index in [4.69, 9.17) is 14.2 Å². The molecule has 0 radical (unpaired) electrons. The first-order valence-electron chi connectivity index (χ1n) is 9.48. The number of phenols is 1. The number of phenolic OH excluding ortho intramolecular Hbond substituents is 1. The van der Waals surface area contributed by atoms with Crippen LogP contribution in [0.2, 0.25) is 0 Å². The van der Waals surface area contributed by atoms with Crippen molar-refractivity contribution in [3.05, 3.63) is 53.6 Å². The summed E-state index contributed by atoms with van der Waals surface area (Å²) in [6.07, 6.45) is -5.90. The molecule has 2 aliphatic rings. The van der Waals surface area contributed by atoms with Crippen molar-refractivity contribution in [2.24, 2.45) is 0 Å². The predicted octanol–water partition coefficient (Wildman–Crippen LogP) is 0.290. The number of hydrogen-bond acceptors (Lipinski definition) is 8. The van der Waals surface area contributed by atoms with Crippen molar-refractivity contribution < 1.29 is 39.7 Å². The van der Waals surface area contributed by atoms with E-state index in [-0.39, 0.29) is 11.7 Å². The Morgan fingerprint density at radius 1 is 0.966 bits per heavy atom. The lowest BCUT2D eigenvalue weighted by atomic mass is 9.90. The Morgan fingerprint density at radius 2 is 1.72 bits per heavy atom. The van der Waals surface area contributed by atoms with Gasteiger partial charge in [-0.15, -0.1) is 0 Å². The number of benzene rings is 2. The van der Waals surface area contributed by atoms with Crippen LogP contribution in [0.5, 0.6) is 17.2 Å². The van der Waals surface area contributed by atoms with Crippen LogP contribution in [0.1, 0.15) is 17.0 Å². The first-order valence-corrected chi connectivity index (χ1v) is 9.48. The van der Waals surface area contributed by atoms with Gasteiger partial charge < -0.3 is 39.7 Å². The fraction of sp³-hybridized carbons (Fsp3) is 0.429. The van der Waals surface area contributed by atoms with Gasteiger partial charge >= 0.3 is 0 Å². The molecular weight excluding hydrogens is 380 g/mol. The highest BCUT2D eigenvalue weighted by atomic mass is 16.7. The van der Waals surface area contributed by atoms with Crippen molar-refractivity contribution in [3.63, 3.8) is 0 Å². The number of aliphatic hydroxyl groups excluding tert-OH is 4. The van der Waals surface area contributed by atoms with Crippen LogP contribution in [0.3, 0.4) is 0 Å². The van der Waals surface area contributed by atoms with Crippen molar-refractivity contribution in [1.29, 1.82) is 0 Å². The van der Waals surface area contributed by atoms with E-state index in [0.717, 1.165) is 17.5 Å². The van der Waals surface area contributed by atoms with E-state index in [9.17, 15) is 25.5 Å².